The van der Waals surface area contributed by atoms with Crippen molar-refractivity contribution in [1.29, 1.82) is 0 Å². The summed E-state index contributed by atoms with van der Waals surface area (Å²) in [6.45, 7) is 4.05. The van der Waals surface area contributed by atoms with Gasteiger partial charge in [-0.25, -0.2) is 4.39 Å². The SMILES string of the molecule is Cc1cc(C)cc(NC(c2nnc(-c3ccccc3)o2)c2ccccc2F)c1. The van der Waals surface area contributed by atoms with E-state index < -0.39 is 6.04 Å². The van der Waals surface area contributed by atoms with Crippen LogP contribution in [-0.4, -0.2) is 10.2 Å². The first-order chi connectivity index (χ1) is 13.6. The van der Waals surface area contributed by atoms with Gasteiger partial charge in [-0.2, -0.15) is 0 Å². The second-order valence-corrected chi connectivity index (χ2v) is 6.79. The highest BCUT2D eigenvalue weighted by atomic mass is 19.1. The van der Waals surface area contributed by atoms with E-state index in [0.29, 0.717) is 17.3 Å². The molecule has 0 saturated heterocycles. The van der Waals surface area contributed by atoms with Crippen LogP contribution in [0.3, 0.4) is 0 Å². The minimum Gasteiger partial charge on any atom is -0.418 e. The summed E-state index contributed by atoms with van der Waals surface area (Å²) in [5.74, 6) is 0.381. The van der Waals surface area contributed by atoms with Crippen LogP contribution in [0.15, 0.2) is 77.2 Å². The van der Waals surface area contributed by atoms with Crippen molar-refractivity contribution in [3.63, 3.8) is 0 Å². The molecule has 4 nitrogen and oxygen atoms in total. The molecule has 0 bridgehead atoms. The molecule has 1 heterocycles. The molecule has 0 aliphatic heterocycles. The molecule has 4 aromatic rings. The summed E-state index contributed by atoms with van der Waals surface area (Å²) in [4.78, 5) is 0. The maximum Gasteiger partial charge on any atom is 0.247 e. The van der Waals surface area contributed by atoms with Gasteiger partial charge in [-0.3, -0.25) is 0 Å². The molecule has 0 amide bonds. The fourth-order valence-corrected chi connectivity index (χ4v) is 3.26. The lowest BCUT2D eigenvalue weighted by atomic mass is 10.0. The number of aromatic nitrogens is 2. The number of hydrogen-bond donors (Lipinski definition) is 1. The highest BCUT2D eigenvalue weighted by Crippen LogP contribution is 2.30. The monoisotopic (exact) mass is 373 g/mol. The zero-order valence-electron chi connectivity index (χ0n) is 15.7. The lowest BCUT2D eigenvalue weighted by Crippen LogP contribution is -2.14. The van der Waals surface area contributed by atoms with Crippen LogP contribution < -0.4 is 5.32 Å². The fraction of sp³-hybridized carbons (Fsp3) is 0.130. The quantitative estimate of drug-likeness (QED) is 0.488. The van der Waals surface area contributed by atoms with Crippen LogP contribution in [0.5, 0.6) is 0 Å². The topological polar surface area (TPSA) is 51.0 Å². The van der Waals surface area contributed by atoms with E-state index in [4.69, 9.17) is 4.42 Å². The number of aryl methyl sites for hydroxylation is 2. The highest BCUT2D eigenvalue weighted by Gasteiger charge is 2.24. The van der Waals surface area contributed by atoms with E-state index in [9.17, 15) is 4.39 Å². The Kier molecular flexibility index (Phi) is 4.89. The van der Waals surface area contributed by atoms with Crippen LogP contribution in [0.1, 0.15) is 28.6 Å². The standard InChI is InChI=1S/C23H20FN3O/c1-15-12-16(2)14-18(13-15)25-21(19-10-6-7-11-20(19)24)23-27-26-22(28-23)17-8-4-3-5-9-17/h3-14,21,25H,1-2H3. The van der Waals surface area contributed by atoms with E-state index in [-0.39, 0.29) is 5.82 Å². The second kappa shape index (κ2) is 7.64. The molecular weight excluding hydrogens is 353 g/mol. The van der Waals surface area contributed by atoms with E-state index in [0.717, 1.165) is 22.4 Å². The number of rotatable bonds is 5. The molecule has 0 fully saturated rings. The van der Waals surface area contributed by atoms with Gasteiger partial charge in [0.05, 0.1) is 0 Å². The minimum absolute atomic E-state index is 0.308. The second-order valence-electron chi connectivity index (χ2n) is 6.79. The van der Waals surface area contributed by atoms with Gasteiger partial charge < -0.3 is 9.73 Å². The lowest BCUT2D eigenvalue weighted by Gasteiger charge is -2.18. The Morgan fingerprint density at radius 2 is 1.54 bits per heavy atom. The first-order valence-corrected chi connectivity index (χ1v) is 9.08. The Morgan fingerprint density at radius 1 is 0.857 bits per heavy atom. The summed E-state index contributed by atoms with van der Waals surface area (Å²) in [7, 11) is 0. The summed E-state index contributed by atoms with van der Waals surface area (Å²) >= 11 is 0. The number of halogens is 1. The number of nitrogens with one attached hydrogen (secondary N) is 1. The van der Waals surface area contributed by atoms with Crippen LogP contribution in [0.25, 0.3) is 11.5 Å². The van der Waals surface area contributed by atoms with E-state index in [1.165, 1.54) is 6.07 Å². The van der Waals surface area contributed by atoms with Gasteiger partial charge in [0, 0.05) is 16.8 Å². The maximum absolute atomic E-state index is 14.6. The van der Waals surface area contributed by atoms with Crippen LogP contribution >= 0.6 is 0 Å². The predicted molar refractivity (Wildman–Crippen MR) is 108 cm³/mol. The first kappa shape index (κ1) is 17.9. The largest absolute Gasteiger partial charge is 0.418 e. The third kappa shape index (κ3) is 3.78. The van der Waals surface area contributed by atoms with E-state index in [1.807, 2.05) is 56.3 Å². The summed E-state index contributed by atoms with van der Waals surface area (Å²) in [5.41, 5.74) is 4.37. The van der Waals surface area contributed by atoms with E-state index in [1.54, 1.807) is 18.2 Å². The normalized spacial score (nSPS) is 12.0. The molecule has 140 valence electrons. The molecule has 1 atom stereocenters. The zero-order chi connectivity index (χ0) is 19.5. The van der Waals surface area contributed by atoms with Crippen molar-refractivity contribution in [3.05, 3.63) is 101 Å². The van der Waals surface area contributed by atoms with Crippen LogP contribution in [0.4, 0.5) is 10.1 Å². The number of nitrogens with zero attached hydrogens (tertiary/aromatic N) is 2. The van der Waals surface area contributed by atoms with Gasteiger partial charge in [-0.15, -0.1) is 10.2 Å². The predicted octanol–water partition coefficient (Wildman–Crippen LogP) is 5.69. The minimum atomic E-state index is -0.604. The van der Waals surface area contributed by atoms with Crippen LogP contribution in [0.2, 0.25) is 0 Å². The summed E-state index contributed by atoms with van der Waals surface area (Å²) in [6.07, 6.45) is 0. The zero-order valence-corrected chi connectivity index (χ0v) is 15.7. The smallest absolute Gasteiger partial charge is 0.247 e. The molecule has 4 rings (SSSR count). The average Bonchev–Trinajstić information content (AvgIpc) is 3.17. The van der Waals surface area contributed by atoms with Gasteiger partial charge in [0.25, 0.3) is 0 Å². The molecule has 0 aliphatic rings. The molecule has 0 aliphatic carbocycles. The van der Waals surface area contributed by atoms with Crippen molar-refractivity contribution in [2.75, 3.05) is 5.32 Å². The van der Waals surface area contributed by atoms with Gasteiger partial charge in [-0.05, 0) is 55.3 Å². The Balaban J connectivity index is 1.75. The molecule has 1 aromatic heterocycles. The highest BCUT2D eigenvalue weighted by molar-refractivity contribution is 5.54. The van der Waals surface area contributed by atoms with Gasteiger partial charge in [0.1, 0.15) is 11.9 Å². The van der Waals surface area contributed by atoms with Gasteiger partial charge in [0.2, 0.25) is 11.8 Å². The van der Waals surface area contributed by atoms with Crippen molar-refractivity contribution in [3.8, 4) is 11.5 Å². The Morgan fingerprint density at radius 3 is 2.25 bits per heavy atom. The third-order valence-electron chi connectivity index (χ3n) is 4.46. The number of anilines is 1. The molecule has 3 aromatic carbocycles. The first-order valence-electron chi connectivity index (χ1n) is 9.08. The van der Waals surface area contributed by atoms with Crippen molar-refractivity contribution in [2.45, 2.75) is 19.9 Å². The van der Waals surface area contributed by atoms with Crippen molar-refractivity contribution in [2.24, 2.45) is 0 Å². The third-order valence-corrected chi connectivity index (χ3v) is 4.46. The molecule has 1 unspecified atom stereocenters. The Bertz CT molecular complexity index is 1070. The van der Waals surface area contributed by atoms with Crippen molar-refractivity contribution < 1.29 is 8.81 Å². The summed E-state index contributed by atoms with van der Waals surface area (Å²) < 4.78 is 20.5. The molecule has 1 N–H and O–H groups in total. The summed E-state index contributed by atoms with van der Waals surface area (Å²) in [5, 5.41) is 11.7. The number of hydrogen-bond acceptors (Lipinski definition) is 4. The maximum atomic E-state index is 14.6. The Labute approximate surface area is 163 Å². The van der Waals surface area contributed by atoms with Crippen molar-refractivity contribution in [1.82, 2.24) is 10.2 Å². The molecule has 0 spiro atoms. The van der Waals surface area contributed by atoms with Crippen molar-refractivity contribution >= 4 is 5.69 Å². The van der Waals surface area contributed by atoms with E-state index in [2.05, 4.69) is 21.6 Å². The van der Waals surface area contributed by atoms with Gasteiger partial charge in [-0.1, -0.05) is 42.5 Å². The average molecular weight is 373 g/mol. The molecule has 0 saturated carbocycles. The molecule has 5 heteroatoms. The molecule has 28 heavy (non-hydrogen) atoms. The molecule has 0 radical (unpaired) electrons. The van der Waals surface area contributed by atoms with Gasteiger partial charge >= 0.3 is 0 Å². The summed E-state index contributed by atoms with van der Waals surface area (Å²) in [6, 6.07) is 21.6. The Hall–Kier alpha value is -3.47. The van der Waals surface area contributed by atoms with Crippen LogP contribution in [0, 0.1) is 19.7 Å². The fourth-order valence-electron chi connectivity index (χ4n) is 3.26. The number of benzene rings is 3. The molecular formula is C23H20FN3O. The van der Waals surface area contributed by atoms with Crippen LogP contribution in [-0.2, 0) is 0 Å². The van der Waals surface area contributed by atoms with Gasteiger partial charge in [0.15, 0.2) is 0 Å². The van der Waals surface area contributed by atoms with E-state index >= 15 is 0 Å². The lowest BCUT2D eigenvalue weighted by molar-refractivity contribution is 0.485.